The topological polar surface area (TPSA) is 35.5 Å². The molecule has 3 atom stereocenters. The summed E-state index contributed by atoms with van der Waals surface area (Å²) in [6, 6.07) is 3.91. The maximum absolute atomic E-state index is 10.0. The van der Waals surface area contributed by atoms with E-state index in [-0.39, 0.29) is 5.75 Å². The average Bonchev–Trinajstić information content (AvgIpc) is 2.91. The molecule has 0 spiro atoms. The summed E-state index contributed by atoms with van der Waals surface area (Å²) in [5.41, 5.74) is 0.817. The zero-order chi connectivity index (χ0) is 13.6. The van der Waals surface area contributed by atoms with Gasteiger partial charge in [-0.15, -0.1) is 0 Å². The first-order valence-corrected chi connectivity index (χ1v) is 7.43. The van der Waals surface area contributed by atoms with Crippen molar-refractivity contribution in [3.63, 3.8) is 0 Å². The second-order valence-electron chi connectivity index (χ2n) is 5.65. The summed E-state index contributed by atoms with van der Waals surface area (Å²) in [5, 5.41) is 14.4. The van der Waals surface area contributed by atoms with Gasteiger partial charge >= 0.3 is 0 Å². The van der Waals surface area contributed by atoms with Gasteiger partial charge in [0.2, 0.25) is 0 Å². The van der Waals surface area contributed by atoms with Crippen LogP contribution in [-0.2, 0) is 6.54 Å². The Morgan fingerprint density at radius 1 is 1.37 bits per heavy atom. The fraction of sp³-hybridized carbons (Fsp3) is 0.571. The highest BCUT2D eigenvalue weighted by molar-refractivity contribution is 6.35. The number of phenolic OH excluding ortho intramolecular Hbond substituents is 1. The van der Waals surface area contributed by atoms with Crippen LogP contribution in [0.4, 0.5) is 0 Å². The Bertz CT molecular complexity index is 495. The lowest BCUT2D eigenvalue weighted by Gasteiger charge is -2.24. The van der Waals surface area contributed by atoms with Gasteiger partial charge < -0.3 is 10.4 Å². The molecule has 0 radical (unpaired) electrons. The van der Waals surface area contributed by atoms with E-state index >= 15 is 0 Å². The van der Waals surface area contributed by atoms with Gasteiger partial charge in [-0.2, -0.15) is 0 Å². The molecular formula is C14H18Cl2N2O. The molecule has 0 aliphatic carbocycles. The van der Waals surface area contributed by atoms with E-state index in [1.54, 1.807) is 6.07 Å². The van der Waals surface area contributed by atoms with Gasteiger partial charge in [0.25, 0.3) is 0 Å². The Labute approximate surface area is 123 Å². The molecule has 3 nitrogen and oxygen atoms in total. The van der Waals surface area contributed by atoms with Gasteiger partial charge in [0.1, 0.15) is 5.75 Å². The molecule has 0 saturated carbocycles. The van der Waals surface area contributed by atoms with Crippen LogP contribution in [0.15, 0.2) is 12.1 Å². The number of aromatic hydroxyl groups is 1. The Kier molecular flexibility index (Phi) is 3.65. The SMILES string of the molecule is CC1C2CNCC2CN1Cc1cc(Cl)cc(Cl)c1O. The summed E-state index contributed by atoms with van der Waals surface area (Å²) in [6.07, 6.45) is 0. The molecule has 2 saturated heterocycles. The quantitative estimate of drug-likeness (QED) is 0.881. The van der Waals surface area contributed by atoms with Gasteiger partial charge in [0.15, 0.2) is 0 Å². The summed E-state index contributed by atoms with van der Waals surface area (Å²) in [6.45, 7) is 6.25. The Morgan fingerprint density at radius 3 is 2.89 bits per heavy atom. The van der Waals surface area contributed by atoms with Crippen LogP contribution in [0.5, 0.6) is 5.75 Å². The molecule has 2 heterocycles. The fourth-order valence-corrected chi connectivity index (χ4v) is 3.96. The number of hydrogen-bond donors (Lipinski definition) is 2. The van der Waals surface area contributed by atoms with E-state index in [0.29, 0.717) is 22.6 Å². The van der Waals surface area contributed by atoms with Crippen molar-refractivity contribution in [2.45, 2.75) is 19.5 Å². The maximum atomic E-state index is 10.0. The van der Waals surface area contributed by atoms with E-state index in [1.807, 2.05) is 6.07 Å². The number of nitrogens with one attached hydrogen (secondary N) is 1. The molecule has 5 heteroatoms. The van der Waals surface area contributed by atoms with Crippen LogP contribution in [0.1, 0.15) is 12.5 Å². The average molecular weight is 301 g/mol. The van der Waals surface area contributed by atoms with Gasteiger partial charge in [-0.05, 0) is 44.0 Å². The van der Waals surface area contributed by atoms with Crippen LogP contribution >= 0.6 is 23.2 Å². The van der Waals surface area contributed by atoms with Crippen molar-refractivity contribution >= 4 is 23.2 Å². The predicted molar refractivity (Wildman–Crippen MR) is 77.8 cm³/mol. The number of halogens is 2. The van der Waals surface area contributed by atoms with E-state index in [0.717, 1.165) is 37.0 Å². The molecule has 0 aromatic heterocycles. The van der Waals surface area contributed by atoms with Crippen LogP contribution in [0.3, 0.4) is 0 Å². The monoisotopic (exact) mass is 300 g/mol. The molecule has 104 valence electrons. The second-order valence-corrected chi connectivity index (χ2v) is 6.49. The molecule has 2 aliphatic heterocycles. The van der Waals surface area contributed by atoms with Crippen molar-refractivity contribution < 1.29 is 5.11 Å². The van der Waals surface area contributed by atoms with Crippen molar-refractivity contribution in [3.05, 3.63) is 27.7 Å². The van der Waals surface area contributed by atoms with Gasteiger partial charge in [-0.3, -0.25) is 4.90 Å². The lowest BCUT2D eigenvalue weighted by atomic mass is 9.95. The third kappa shape index (κ3) is 2.45. The van der Waals surface area contributed by atoms with E-state index in [2.05, 4.69) is 17.1 Å². The third-order valence-electron chi connectivity index (χ3n) is 4.54. The van der Waals surface area contributed by atoms with Crippen LogP contribution in [0, 0.1) is 11.8 Å². The van der Waals surface area contributed by atoms with Crippen molar-refractivity contribution in [1.82, 2.24) is 10.2 Å². The predicted octanol–water partition coefficient (Wildman–Crippen LogP) is 2.74. The first kappa shape index (κ1) is 13.5. The van der Waals surface area contributed by atoms with Crippen molar-refractivity contribution in [2.24, 2.45) is 11.8 Å². The minimum Gasteiger partial charge on any atom is -0.506 e. The van der Waals surface area contributed by atoms with Crippen LogP contribution in [-0.4, -0.2) is 35.7 Å². The number of nitrogens with zero attached hydrogens (tertiary/aromatic N) is 1. The number of likely N-dealkylation sites (tertiary alicyclic amines) is 1. The lowest BCUT2D eigenvalue weighted by Crippen LogP contribution is -2.32. The van der Waals surface area contributed by atoms with E-state index in [1.165, 1.54) is 0 Å². The molecule has 2 aliphatic rings. The van der Waals surface area contributed by atoms with Crippen LogP contribution in [0.25, 0.3) is 0 Å². The number of hydrogen-bond acceptors (Lipinski definition) is 3. The highest BCUT2D eigenvalue weighted by atomic mass is 35.5. The fourth-order valence-electron chi connectivity index (χ4n) is 3.42. The molecule has 1 aromatic carbocycles. The first-order chi connectivity index (χ1) is 9.06. The Balaban J connectivity index is 1.79. The van der Waals surface area contributed by atoms with Crippen molar-refractivity contribution in [3.8, 4) is 5.75 Å². The molecule has 3 unspecified atom stereocenters. The van der Waals surface area contributed by atoms with Gasteiger partial charge in [0.05, 0.1) is 5.02 Å². The van der Waals surface area contributed by atoms with Crippen molar-refractivity contribution in [1.29, 1.82) is 0 Å². The summed E-state index contributed by atoms with van der Waals surface area (Å²) in [5.74, 6) is 1.61. The molecule has 0 amide bonds. The standard InChI is InChI=1S/C14H18Cl2N2O/c1-8-12-5-17-4-10(12)7-18(8)6-9-2-11(15)3-13(16)14(9)19/h2-3,8,10,12,17,19H,4-7H2,1H3. The number of rotatable bonds is 2. The zero-order valence-electron chi connectivity index (χ0n) is 10.9. The minimum absolute atomic E-state index is 0.161. The summed E-state index contributed by atoms with van der Waals surface area (Å²) >= 11 is 12.0. The van der Waals surface area contributed by atoms with E-state index in [4.69, 9.17) is 23.2 Å². The smallest absolute Gasteiger partial charge is 0.138 e. The molecule has 2 N–H and O–H groups in total. The number of fused-ring (bicyclic) bond motifs is 1. The van der Waals surface area contributed by atoms with Gasteiger partial charge in [-0.25, -0.2) is 0 Å². The summed E-state index contributed by atoms with van der Waals surface area (Å²) in [4.78, 5) is 2.41. The number of phenols is 1. The Morgan fingerprint density at radius 2 is 2.16 bits per heavy atom. The lowest BCUT2D eigenvalue weighted by molar-refractivity contribution is 0.229. The zero-order valence-corrected chi connectivity index (χ0v) is 12.4. The molecular weight excluding hydrogens is 283 g/mol. The molecule has 3 rings (SSSR count). The van der Waals surface area contributed by atoms with E-state index < -0.39 is 0 Å². The molecule has 1 aromatic rings. The normalized spacial score (nSPS) is 30.8. The largest absolute Gasteiger partial charge is 0.506 e. The Hall–Kier alpha value is -0.480. The third-order valence-corrected chi connectivity index (χ3v) is 5.04. The summed E-state index contributed by atoms with van der Waals surface area (Å²) in [7, 11) is 0. The van der Waals surface area contributed by atoms with Crippen molar-refractivity contribution in [2.75, 3.05) is 19.6 Å². The molecule has 19 heavy (non-hydrogen) atoms. The highest BCUT2D eigenvalue weighted by Gasteiger charge is 2.41. The highest BCUT2D eigenvalue weighted by Crippen LogP contribution is 2.36. The minimum atomic E-state index is 0.161. The molecule has 0 bridgehead atoms. The van der Waals surface area contributed by atoms with Gasteiger partial charge in [-0.1, -0.05) is 23.2 Å². The summed E-state index contributed by atoms with van der Waals surface area (Å²) < 4.78 is 0. The second kappa shape index (κ2) is 5.13. The van der Waals surface area contributed by atoms with E-state index in [9.17, 15) is 5.11 Å². The van der Waals surface area contributed by atoms with Gasteiger partial charge in [0, 0.05) is 29.7 Å². The van der Waals surface area contributed by atoms with Crippen LogP contribution in [0.2, 0.25) is 10.0 Å². The molecule has 2 fully saturated rings. The van der Waals surface area contributed by atoms with Crippen LogP contribution < -0.4 is 5.32 Å². The maximum Gasteiger partial charge on any atom is 0.138 e. The first-order valence-electron chi connectivity index (χ1n) is 6.68. The number of benzene rings is 1.